The lowest BCUT2D eigenvalue weighted by atomic mass is 10.1. The molecule has 156 valence electrons. The highest BCUT2D eigenvalue weighted by molar-refractivity contribution is 5.91. The molecule has 0 bridgehead atoms. The molecule has 30 heavy (non-hydrogen) atoms. The van der Waals surface area contributed by atoms with Crippen LogP contribution in [0.25, 0.3) is 5.69 Å². The van der Waals surface area contributed by atoms with Gasteiger partial charge in [-0.1, -0.05) is 30.3 Å². The molecule has 0 aliphatic heterocycles. The molecule has 0 saturated carbocycles. The number of aryl methyl sites for hydroxylation is 1. The Morgan fingerprint density at radius 1 is 1.07 bits per heavy atom. The number of carbonyl (C=O) groups excluding carboxylic acids is 1. The second-order valence-electron chi connectivity index (χ2n) is 6.82. The number of hydrogen-bond acceptors (Lipinski definition) is 4. The number of hydrogen-bond donors (Lipinski definition) is 0. The van der Waals surface area contributed by atoms with E-state index in [1.807, 2.05) is 25.1 Å². The summed E-state index contributed by atoms with van der Waals surface area (Å²) in [6.07, 6.45) is 0. The van der Waals surface area contributed by atoms with Crippen molar-refractivity contribution in [3.63, 3.8) is 0 Å². The summed E-state index contributed by atoms with van der Waals surface area (Å²) in [6.45, 7) is 6.18. The van der Waals surface area contributed by atoms with Crippen molar-refractivity contribution in [1.29, 1.82) is 0 Å². The maximum Gasteiger partial charge on any atom is 0.352 e. The summed E-state index contributed by atoms with van der Waals surface area (Å²) in [7, 11) is 0. The van der Waals surface area contributed by atoms with Crippen LogP contribution in [0.2, 0.25) is 0 Å². The van der Waals surface area contributed by atoms with Crippen LogP contribution >= 0.6 is 0 Å². The fourth-order valence-electron chi connectivity index (χ4n) is 3.18. The van der Waals surface area contributed by atoms with Gasteiger partial charge in [0, 0.05) is 13.1 Å². The largest absolute Gasteiger partial charge is 0.352 e. The summed E-state index contributed by atoms with van der Waals surface area (Å²) in [6, 6.07) is 12.6. The molecule has 8 heteroatoms. The Hall–Kier alpha value is -3.55. The van der Waals surface area contributed by atoms with Gasteiger partial charge in [-0.15, -0.1) is 0 Å². The minimum Gasteiger partial charge on any atom is -0.338 e. The number of nitrogens with zero attached hydrogens (tertiary/aromatic N) is 4. The smallest absolute Gasteiger partial charge is 0.338 e. The number of benzene rings is 2. The zero-order chi connectivity index (χ0) is 21.8. The molecular weight excluding hydrogens is 387 g/mol. The third kappa shape index (κ3) is 4.07. The third-order valence-corrected chi connectivity index (χ3v) is 4.96. The van der Waals surface area contributed by atoms with Gasteiger partial charge in [0.15, 0.2) is 0 Å². The number of rotatable bonds is 6. The summed E-state index contributed by atoms with van der Waals surface area (Å²) < 4.78 is 15.6. The van der Waals surface area contributed by atoms with Gasteiger partial charge in [-0.2, -0.15) is 9.78 Å². The van der Waals surface area contributed by atoms with Crippen LogP contribution in [0.1, 0.15) is 35.5 Å². The molecule has 1 aromatic heterocycles. The van der Waals surface area contributed by atoms with E-state index in [1.54, 1.807) is 19.9 Å². The van der Waals surface area contributed by atoms with E-state index < -0.39 is 23.0 Å². The molecule has 0 fully saturated rings. The third-order valence-electron chi connectivity index (χ3n) is 4.96. The van der Waals surface area contributed by atoms with Crippen molar-refractivity contribution in [2.75, 3.05) is 13.1 Å². The fraction of sp³-hybridized carbons (Fsp3) is 0.273. The molecule has 1 heterocycles. The van der Waals surface area contributed by atoms with Crippen LogP contribution < -0.4 is 11.2 Å². The minimum absolute atomic E-state index is 0.0271. The summed E-state index contributed by atoms with van der Waals surface area (Å²) >= 11 is 0. The fourth-order valence-corrected chi connectivity index (χ4v) is 3.18. The van der Waals surface area contributed by atoms with E-state index in [1.165, 1.54) is 23.1 Å². The number of aromatic nitrogens is 3. The first-order valence-corrected chi connectivity index (χ1v) is 9.71. The van der Waals surface area contributed by atoms with Crippen molar-refractivity contribution in [2.24, 2.45) is 0 Å². The van der Waals surface area contributed by atoms with Crippen molar-refractivity contribution in [1.82, 2.24) is 19.2 Å². The molecule has 0 unspecified atom stereocenters. The minimum atomic E-state index is -0.771. The topological polar surface area (TPSA) is 77.2 Å². The summed E-state index contributed by atoms with van der Waals surface area (Å²) in [5.41, 5.74) is -0.106. The Labute approximate surface area is 173 Å². The van der Waals surface area contributed by atoms with Gasteiger partial charge < -0.3 is 4.90 Å². The second-order valence-corrected chi connectivity index (χ2v) is 6.82. The lowest BCUT2D eigenvalue weighted by Crippen LogP contribution is -2.46. The molecule has 7 nitrogen and oxygen atoms in total. The van der Waals surface area contributed by atoms with Crippen LogP contribution in [-0.4, -0.2) is 38.2 Å². The average Bonchev–Trinajstić information content (AvgIpc) is 2.73. The molecular formula is C22H23FN4O3. The van der Waals surface area contributed by atoms with E-state index in [-0.39, 0.29) is 17.9 Å². The van der Waals surface area contributed by atoms with Crippen molar-refractivity contribution >= 4 is 5.91 Å². The van der Waals surface area contributed by atoms with Crippen LogP contribution in [0.15, 0.2) is 58.1 Å². The zero-order valence-electron chi connectivity index (χ0n) is 17.1. The quantitative estimate of drug-likeness (QED) is 0.625. The highest BCUT2D eigenvalue weighted by Gasteiger charge is 2.23. The van der Waals surface area contributed by atoms with Gasteiger partial charge in [0.25, 0.3) is 11.5 Å². The van der Waals surface area contributed by atoms with E-state index in [2.05, 4.69) is 5.10 Å². The second kappa shape index (κ2) is 8.86. The van der Waals surface area contributed by atoms with Crippen LogP contribution in [0.4, 0.5) is 4.39 Å². The normalized spacial score (nSPS) is 10.8. The highest BCUT2D eigenvalue weighted by atomic mass is 19.1. The van der Waals surface area contributed by atoms with Gasteiger partial charge >= 0.3 is 5.69 Å². The molecule has 2 aromatic carbocycles. The van der Waals surface area contributed by atoms with Crippen molar-refractivity contribution < 1.29 is 9.18 Å². The van der Waals surface area contributed by atoms with Gasteiger partial charge in [-0.3, -0.25) is 14.2 Å². The Morgan fingerprint density at radius 3 is 2.40 bits per heavy atom. The molecule has 1 amide bonds. The first-order valence-electron chi connectivity index (χ1n) is 9.71. The Bertz CT molecular complexity index is 1200. The monoisotopic (exact) mass is 410 g/mol. The first kappa shape index (κ1) is 21.2. The SMILES string of the molecule is CCN(CC)C(=O)c1nn(-c2cccc(F)c2)c(=O)n(Cc2ccccc2C)c1=O. The Kier molecular flexibility index (Phi) is 6.25. The molecule has 0 spiro atoms. The van der Waals surface area contributed by atoms with E-state index in [0.717, 1.165) is 26.4 Å². The predicted octanol–water partition coefficient (Wildman–Crippen LogP) is 2.37. The van der Waals surface area contributed by atoms with Gasteiger partial charge in [-0.25, -0.2) is 9.18 Å². The van der Waals surface area contributed by atoms with Gasteiger partial charge in [-0.05, 0) is 50.1 Å². The Balaban J connectivity index is 2.27. The van der Waals surface area contributed by atoms with Crippen LogP contribution in [0.3, 0.4) is 0 Å². The van der Waals surface area contributed by atoms with Crippen LogP contribution in [0, 0.1) is 12.7 Å². The molecule has 3 aromatic rings. The average molecular weight is 410 g/mol. The van der Waals surface area contributed by atoms with Crippen molar-refractivity contribution in [2.45, 2.75) is 27.3 Å². The van der Waals surface area contributed by atoms with E-state index in [9.17, 15) is 18.8 Å². The summed E-state index contributed by atoms with van der Waals surface area (Å²) in [5, 5.41) is 4.04. The summed E-state index contributed by atoms with van der Waals surface area (Å²) in [5.74, 6) is -1.14. The van der Waals surface area contributed by atoms with E-state index >= 15 is 0 Å². The number of amides is 1. The maximum absolute atomic E-state index is 13.8. The van der Waals surface area contributed by atoms with Crippen LogP contribution in [-0.2, 0) is 6.54 Å². The first-order chi connectivity index (χ1) is 14.4. The molecule has 0 atom stereocenters. The number of halogens is 1. The highest BCUT2D eigenvalue weighted by Crippen LogP contribution is 2.09. The maximum atomic E-state index is 13.8. The number of carbonyl (C=O) groups is 1. The van der Waals surface area contributed by atoms with E-state index in [4.69, 9.17) is 0 Å². The lowest BCUT2D eigenvalue weighted by Gasteiger charge is -2.19. The molecule has 0 N–H and O–H groups in total. The molecule has 0 aliphatic carbocycles. The van der Waals surface area contributed by atoms with E-state index in [0.29, 0.717) is 13.1 Å². The van der Waals surface area contributed by atoms with Crippen molar-refractivity contribution in [3.05, 3.63) is 92.0 Å². The Morgan fingerprint density at radius 2 is 1.77 bits per heavy atom. The summed E-state index contributed by atoms with van der Waals surface area (Å²) in [4.78, 5) is 40.6. The van der Waals surface area contributed by atoms with Gasteiger partial charge in [0.1, 0.15) is 5.82 Å². The molecule has 3 rings (SSSR count). The molecule has 0 radical (unpaired) electrons. The lowest BCUT2D eigenvalue weighted by molar-refractivity contribution is 0.0761. The van der Waals surface area contributed by atoms with Crippen molar-refractivity contribution in [3.8, 4) is 5.69 Å². The molecule has 0 saturated heterocycles. The van der Waals surface area contributed by atoms with Crippen LogP contribution in [0.5, 0.6) is 0 Å². The van der Waals surface area contributed by atoms with Gasteiger partial charge in [0.2, 0.25) is 5.69 Å². The predicted molar refractivity (Wildman–Crippen MR) is 112 cm³/mol. The van der Waals surface area contributed by atoms with Gasteiger partial charge in [0.05, 0.1) is 12.2 Å². The zero-order valence-corrected chi connectivity index (χ0v) is 17.1. The standard InChI is InChI=1S/C22H23FN4O3/c1-4-25(5-2)20(28)19-21(29)26(14-16-10-7-6-9-15(16)3)22(30)27(24-19)18-12-8-11-17(23)13-18/h6-13H,4-5,14H2,1-3H3. The molecule has 0 aliphatic rings.